The van der Waals surface area contributed by atoms with E-state index in [0.29, 0.717) is 19.3 Å². The van der Waals surface area contributed by atoms with Gasteiger partial charge in [-0.05, 0) is 116 Å². The summed E-state index contributed by atoms with van der Waals surface area (Å²) >= 11 is 0. The Hall–Kier alpha value is -3.41. The molecule has 0 aromatic rings. The molecule has 0 saturated heterocycles. The quantitative estimate of drug-likeness (QED) is 0.0261. The Morgan fingerprint density at radius 1 is 0.288 bits per heavy atom. The van der Waals surface area contributed by atoms with Gasteiger partial charge in [-0.25, -0.2) is 0 Å². The van der Waals surface area contributed by atoms with Crippen LogP contribution in [0.3, 0.4) is 0 Å². The first-order valence-electron chi connectivity index (χ1n) is 31.1. The van der Waals surface area contributed by atoms with Crippen LogP contribution in [0.25, 0.3) is 0 Å². The largest absolute Gasteiger partial charge is 0.462 e. The van der Waals surface area contributed by atoms with E-state index in [1.165, 1.54) is 148 Å². The predicted molar refractivity (Wildman–Crippen MR) is 316 cm³/mol. The fourth-order valence-electron chi connectivity index (χ4n) is 8.69. The molecule has 0 N–H and O–H groups in total. The van der Waals surface area contributed by atoms with Crippen LogP contribution < -0.4 is 0 Å². The molecular weight excluding hydrogens is 901 g/mol. The molecular formula is C67H116O6. The van der Waals surface area contributed by atoms with Crippen LogP contribution in [0.1, 0.15) is 303 Å². The molecule has 0 aromatic carbocycles. The Morgan fingerprint density at radius 2 is 0.534 bits per heavy atom. The van der Waals surface area contributed by atoms with Crippen molar-refractivity contribution in [1.82, 2.24) is 0 Å². The van der Waals surface area contributed by atoms with Gasteiger partial charge in [-0.3, -0.25) is 14.4 Å². The molecule has 0 bridgehead atoms. The number of ether oxygens (including phenoxy) is 3. The van der Waals surface area contributed by atoms with E-state index in [1.54, 1.807) is 0 Å². The fraction of sp³-hybridized carbons (Fsp3) is 0.746. The molecule has 0 fully saturated rings. The van der Waals surface area contributed by atoms with Gasteiger partial charge in [0, 0.05) is 19.3 Å². The van der Waals surface area contributed by atoms with Crippen LogP contribution in [0.15, 0.2) is 85.1 Å². The van der Waals surface area contributed by atoms with Crippen molar-refractivity contribution in [3.05, 3.63) is 85.1 Å². The zero-order chi connectivity index (χ0) is 52.9. The average molecular weight is 1020 g/mol. The van der Waals surface area contributed by atoms with Gasteiger partial charge >= 0.3 is 17.9 Å². The third-order valence-electron chi connectivity index (χ3n) is 13.4. The molecule has 420 valence electrons. The van der Waals surface area contributed by atoms with Crippen molar-refractivity contribution in [3.8, 4) is 0 Å². The molecule has 6 nitrogen and oxygen atoms in total. The summed E-state index contributed by atoms with van der Waals surface area (Å²) in [7, 11) is 0. The molecule has 0 rings (SSSR count). The van der Waals surface area contributed by atoms with Crippen LogP contribution in [-0.4, -0.2) is 37.2 Å². The lowest BCUT2D eigenvalue weighted by Gasteiger charge is -2.18. The van der Waals surface area contributed by atoms with Crippen molar-refractivity contribution in [2.45, 2.75) is 309 Å². The molecule has 0 aliphatic carbocycles. The normalized spacial score (nSPS) is 12.6. The van der Waals surface area contributed by atoms with E-state index in [9.17, 15) is 14.4 Å². The number of esters is 3. The second kappa shape index (κ2) is 61.1. The zero-order valence-corrected chi connectivity index (χ0v) is 48.1. The number of hydrogen-bond donors (Lipinski definition) is 0. The number of unbranched alkanes of at least 4 members (excludes halogenated alkanes) is 31. The second-order valence-electron chi connectivity index (χ2n) is 20.6. The average Bonchev–Trinajstić information content (AvgIpc) is 3.39. The van der Waals surface area contributed by atoms with Crippen molar-refractivity contribution in [1.29, 1.82) is 0 Å². The van der Waals surface area contributed by atoms with Crippen LogP contribution in [0.5, 0.6) is 0 Å². The summed E-state index contributed by atoms with van der Waals surface area (Å²) in [5.41, 5.74) is 0. The smallest absolute Gasteiger partial charge is 0.306 e. The van der Waals surface area contributed by atoms with E-state index >= 15 is 0 Å². The van der Waals surface area contributed by atoms with Gasteiger partial charge < -0.3 is 14.2 Å². The number of hydrogen-bond acceptors (Lipinski definition) is 6. The topological polar surface area (TPSA) is 78.9 Å². The molecule has 0 heterocycles. The molecule has 0 aromatic heterocycles. The highest BCUT2D eigenvalue weighted by molar-refractivity contribution is 5.71. The summed E-state index contributed by atoms with van der Waals surface area (Å²) in [6, 6.07) is 0. The van der Waals surface area contributed by atoms with E-state index in [4.69, 9.17) is 14.2 Å². The number of carbonyl (C=O) groups excluding carboxylic acids is 3. The highest BCUT2D eigenvalue weighted by atomic mass is 16.6. The third kappa shape index (κ3) is 59.3. The van der Waals surface area contributed by atoms with E-state index in [0.717, 1.165) is 116 Å². The van der Waals surface area contributed by atoms with Gasteiger partial charge in [0.05, 0.1) is 0 Å². The summed E-state index contributed by atoms with van der Waals surface area (Å²) in [5.74, 6) is -0.903. The molecule has 0 radical (unpaired) electrons. The number of carbonyl (C=O) groups is 3. The molecule has 73 heavy (non-hydrogen) atoms. The van der Waals surface area contributed by atoms with E-state index in [1.807, 2.05) is 0 Å². The lowest BCUT2D eigenvalue weighted by molar-refractivity contribution is -0.167. The Bertz CT molecular complexity index is 1400. The fourth-order valence-corrected chi connectivity index (χ4v) is 8.69. The van der Waals surface area contributed by atoms with Gasteiger partial charge in [-0.1, -0.05) is 254 Å². The van der Waals surface area contributed by atoms with Crippen LogP contribution in [0.4, 0.5) is 0 Å². The van der Waals surface area contributed by atoms with Crippen molar-refractivity contribution >= 4 is 17.9 Å². The summed E-state index contributed by atoms with van der Waals surface area (Å²) in [6.07, 6.45) is 80.1. The lowest BCUT2D eigenvalue weighted by atomic mass is 10.0. The minimum absolute atomic E-state index is 0.0858. The first-order valence-corrected chi connectivity index (χ1v) is 31.1. The Morgan fingerprint density at radius 3 is 0.863 bits per heavy atom. The summed E-state index contributed by atoms with van der Waals surface area (Å²) < 4.78 is 16.9. The first kappa shape index (κ1) is 69.6. The molecule has 0 saturated carbocycles. The monoisotopic (exact) mass is 1020 g/mol. The Balaban J connectivity index is 4.36. The van der Waals surface area contributed by atoms with Crippen LogP contribution in [-0.2, 0) is 28.6 Å². The maximum atomic E-state index is 12.9. The molecule has 0 aliphatic rings. The minimum atomic E-state index is -0.790. The Labute approximate surface area is 452 Å². The molecule has 0 aliphatic heterocycles. The number of rotatable bonds is 56. The maximum absolute atomic E-state index is 12.9. The van der Waals surface area contributed by atoms with Gasteiger partial charge in [0.15, 0.2) is 6.10 Å². The van der Waals surface area contributed by atoms with Crippen LogP contribution >= 0.6 is 0 Å². The summed E-state index contributed by atoms with van der Waals surface area (Å²) in [6.45, 7) is 6.50. The minimum Gasteiger partial charge on any atom is -0.462 e. The van der Waals surface area contributed by atoms with Gasteiger partial charge in [-0.2, -0.15) is 0 Å². The van der Waals surface area contributed by atoms with Gasteiger partial charge in [0.25, 0.3) is 0 Å². The van der Waals surface area contributed by atoms with Crippen molar-refractivity contribution < 1.29 is 28.6 Å². The SMILES string of the molecule is CC/C=C\C/C=C\C/C=C\CCCCCCCC(=O)OCC(COC(=O)CCCCCCCCCCCCC/C=C\C/C=C\CCCCCCC)OC(=O)CCCCCCCCC/C=C\C/C=C\CCCCC. The molecule has 1 unspecified atom stereocenters. The lowest BCUT2D eigenvalue weighted by Crippen LogP contribution is -2.30. The Kier molecular flexibility index (Phi) is 58.3. The molecule has 0 amide bonds. The van der Waals surface area contributed by atoms with Crippen LogP contribution in [0.2, 0.25) is 0 Å². The van der Waals surface area contributed by atoms with Crippen LogP contribution in [0, 0.1) is 0 Å². The second-order valence-corrected chi connectivity index (χ2v) is 20.6. The van der Waals surface area contributed by atoms with E-state index in [-0.39, 0.29) is 31.1 Å². The van der Waals surface area contributed by atoms with Gasteiger partial charge in [-0.15, -0.1) is 0 Å². The van der Waals surface area contributed by atoms with Crippen molar-refractivity contribution in [2.75, 3.05) is 13.2 Å². The van der Waals surface area contributed by atoms with Gasteiger partial charge in [0.1, 0.15) is 13.2 Å². The first-order chi connectivity index (χ1) is 36.0. The highest BCUT2D eigenvalue weighted by Gasteiger charge is 2.19. The van der Waals surface area contributed by atoms with E-state index in [2.05, 4.69) is 106 Å². The van der Waals surface area contributed by atoms with Crippen molar-refractivity contribution in [2.24, 2.45) is 0 Å². The zero-order valence-electron chi connectivity index (χ0n) is 48.1. The summed E-state index contributed by atoms with van der Waals surface area (Å²) in [5, 5.41) is 0. The standard InChI is InChI=1S/C67H116O6/c1-4-7-10-13-16-19-22-25-28-30-31-32-33-34-35-37-39-42-45-48-51-54-57-60-66(69)72-63-64(62-71-65(68)59-56-53-50-47-44-41-38-27-24-21-18-15-12-9-6-3)73-67(70)61-58-55-52-49-46-43-40-36-29-26-23-20-17-14-11-8-5-2/h9,12,17-18,20-22,25-27,29-31,38,64H,4-8,10-11,13-16,19,23-24,28,32-37,39-63H2,1-3H3/b12-9-,20-17-,21-18-,25-22-,29-26-,31-30-,38-27-. The third-order valence-corrected chi connectivity index (χ3v) is 13.4. The molecule has 1 atom stereocenters. The highest BCUT2D eigenvalue weighted by Crippen LogP contribution is 2.16. The summed E-state index contributed by atoms with van der Waals surface area (Å²) in [4.78, 5) is 38.3. The maximum Gasteiger partial charge on any atom is 0.306 e. The number of allylic oxidation sites excluding steroid dienone is 14. The van der Waals surface area contributed by atoms with Gasteiger partial charge in [0.2, 0.25) is 0 Å². The van der Waals surface area contributed by atoms with Crippen molar-refractivity contribution in [3.63, 3.8) is 0 Å². The molecule has 6 heteroatoms. The predicted octanol–water partition coefficient (Wildman–Crippen LogP) is 21.1. The molecule has 0 spiro atoms. The van der Waals surface area contributed by atoms with E-state index < -0.39 is 6.10 Å².